The van der Waals surface area contributed by atoms with Gasteiger partial charge in [0, 0.05) is 33.5 Å². The Bertz CT molecular complexity index is 2380. The summed E-state index contributed by atoms with van der Waals surface area (Å²) in [7, 11) is 0. The largest absolute Gasteiger partial charge is 0.310 e. The topological polar surface area (TPSA) is 6.48 Å². The molecule has 0 saturated carbocycles. The molecule has 0 aliphatic rings. The van der Waals surface area contributed by atoms with E-state index in [-0.39, 0.29) is 0 Å². The van der Waals surface area contributed by atoms with E-state index in [2.05, 4.69) is 199 Å². The Balaban J connectivity index is 1.54. The van der Waals surface area contributed by atoms with Gasteiger partial charge < -0.3 is 9.80 Å². The maximum atomic E-state index is 2.51. The molecular formula is C50H48N2. The highest BCUT2D eigenvalue weighted by atomic mass is 15.2. The molecule has 8 rings (SSSR count). The molecule has 0 atom stereocenters. The fourth-order valence-corrected chi connectivity index (χ4v) is 8.17. The minimum absolute atomic E-state index is 0.339. The summed E-state index contributed by atoms with van der Waals surface area (Å²) in [4.78, 5) is 4.96. The fourth-order valence-electron chi connectivity index (χ4n) is 8.17. The number of nitrogens with zero attached hydrogens (tertiary/aromatic N) is 2. The molecule has 0 unspecified atom stereocenters. The van der Waals surface area contributed by atoms with Crippen molar-refractivity contribution in [3.8, 4) is 0 Å². The van der Waals surface area contributed by atoms with Crippen molar-refractivity contribution in [2.45, 2.75) is 67.2 Å². The molecular weight excluding hydrogens is 629 g/mol. The summed E-state index contributed by atoms with van der Waals surface area (Å²) in [6.45, 7) is 18.1. The zero-order chi connectivity index (χ0) is 36.3. The lowest BCUT2D eigenvalue weighted by Gasteiger charge is -2.32. The van der Waals surface area contributed by atoms with Crippen LogP contribution in [-0.4, -0.2) is 0 Å². The molecule has 0 bridgehead atoms. The molecule has 0 fully saturated rings. The van der Waals surface area contributed by atoms with Crippen molar-refractivity contribution in [2.75, 3.05) is 9.80 Å². The van der Waals surface area contributed by atoms with E-state index in [1.807, 2.05) is 0 Å². The van der Waals surface area contributed by atoms with Gasteiger partial charge in [0.2, 0.25) is 0 Å². The van der Waals surface area contributed by atoms with Crippen LogP contribution in [0.25, 0.3) is 32.3 Å². The third-order valence-electron chi connectivity index (χ3n) is 10.9. The van der Waals surface area contributed by atoms with Crippen LogP contribution in [0.4, 0.5) is 34.1 Å². The molecule has 0 aliphatic heterocycles. The molecule has 8 aromatic carbocycles. The molecule has 0 amide bonds. The van der Waals surface area contributed by atoms with Crippen LogP contribution in [0, 0.1) is 27.7 Å². The van der Waals surface area contributed by atoms with Crippen molar-refractivity contribution in [3.63, 3.8) is 0 Å². The van der Waals surface area contributed by atoms with Crippen LogP contribution in [-0.2, 0) is 0 Å². The minimum Gasteiger partial charge on any atom is -0.310 e. The van der Waals surface area contributed by atoms with Crippen LogP contribution >= 0.6 is 0 Å². The quantitative estimate of drug-likeness (QED) is 0.148. The zero-order valence-corrected chi connectivity index (χ0v) is 31.8. The second-order valence-electron chi connectivity index (χ2n) is 15.3. The lowest BCUT2D eigenvalue weighted by Crippen LogP contribution is -2.13. The van der Waals surface area contributed by atoms with Gasteiger partial charge in [0.1, 0.15) is 0 Å². The van der Waals surface area contributed by atoms with Gasteiger partial charge in [-0.25, -0.2) is 0 Å². The van der Waals surface area contributed by atoms with Gasteiger partial charge in [-0.1, -0.05) is 112 Å². The smallest absolute Gasteiger partial charge is 0.0540 e. The average Bonchev–Trinajstić information content (AvgIpc) is 3.14. The van der Waals surface area contributed by atoms with Gasteiger partial charge in [-0.3, -0.25) is 0 Å². The Hall–Kier alpha value is -5.60. The van der Waals surface area contributed by atoms with Crippen LogP contribution in [0.5, 0.6) is 0 Å². The molecule has 0 spiro atoms. The van der Waals surface area contributed by atoms with E-state index in [0.717, 1.165) is 11.4 Å². The van der Waals surface area contributed by atoms with E-state index in [9.17, 15) is 0 Å². The summed E-state index contributed by atoms with van der Waals surface area (Å²) in [6.07, 6.45) is 0. The summed E-state index contributed by atoms with van der Waals surface area (Å²) in [5.74, 6) is 0.678. The van der Waals surface area contributed by atoms with E-state index in [0.29, 0.717) is 11.8 Å². The Labute approximate surface area is 309 Å². The van der Waals surface area contributed by atoms with Gasteiger partial charge >= 0.3 is 0 Å². The molecule has 2 heteroatoms. The summed E-state index contributed by atoms with van der Waals surface area (Å²) < 4.78 is 0. The lowest BCUT2D eigenvalue weighted by atomic mass is 9.83. The monoisotopic (exact) mass is 676 g/mol. The van der Waals surface area contributed by atoms with Crippen LogP contribution in [0.1, 0.15) is 72.9 Å². The van der Waals surface area contributed by atoms with Crippen molar-refractivity contribution >= 4 is 66.4 Å². The van der Waals surface area contributed by atoms with E-state index in [4.69, 9.17) is 0 Å². The lowest BCUT2D eigenvalue weighted by molar-refractivity contribution is 0.876. The Kier molecular flexibility index (Phi) is 8.50. The van der Waals surface area contributed by atoms with Crippen molar-refractivity contribution < 1.29 is 0 Å². The first-order valence-electron chi connectivity index (χ1n) is 18.8. The molecule has 0 saturated heterocycles. The summed E-state index contributed by atoms with van der Waals surface area (Å²) in [5, 5.41) is 7.95. The summed E-state index contributed by atoms with van der Waals surface area (Å²) >= 11 is 0. The number of rotatable bonds is 8. The van der Waals surface area contributed by atoms with Crippen LogP contribution in [0.2, 0.25) is 0 Å². The van der Waals surface area contributed by atoms with E-state index >= 15 is 0 Å². The van der Waals surface area contributed by atoms with Gasteiger partial charge in [0.15, 0.2) is 0 Å². The number of benzene rings is 8. The Morgan fingerprint density at radius 3 is 1.08 bits per heavy atom. The average molecular weight is 677 g/mol. The third-order valence-corrected chi connectivity index (χ3v) is 10.9. The predicted octanol–water partition coefficient (Wildman–Crippen LogP) is 15.0. The number of anilines is 6. The second-order valence-corrected chi connectivity index (χ2v) is 15.3. The first-order chi connectivity index (χ1) is 25.1. The van der Waals surface area contributed by atoms with Gasteiger partial charge in [-0.05, 0) is 144 Å². The fraction of sp³-hybridized carbons (Fsp3) is 0.200. The Morgan fingerprint density at radius 1 is 0.365 bits per heavy atom. The van der Waals surface area contributed by atoms with Gasteiger partial charge in [0.25, 0.3) is 0 Å². The van der Waals surface area contributed by atoms with Crippen molar-refractivity contribution in [1.29, 1.82) is 0 Å². The zero-order valence-electron chi connectivity index (χ0n) is 31.8. The summed E-state index contributed by atoms with van der Waals surface area (Å²) in [5.41, 5.74) is 14.9. The standard InChI is InChI=1S/C50H48N2/c1-31(2)41-29-43-47(51(37-21-17-33(5)18-22-37)45-15-11-9-13-35(45)7)28-26-40-42(32(3)4)30-44-48(27-25-39(41)49(44)50(40)43)52(38-23-19-34(6)20-24-38)46-16-12-10-14-36(46)8/h9-32H,1-8H3. The molecule has 0 aromatic heterocycles. The molecule has 0 N–H and O–H groups in total. The molecule has 0 radical (unpaired) electrons. The molecule has 258 valence electrons. The van der Waals surface area contributed by atoms with Gasteiger partial charge in [0.05, 0.1) is 11.4 Å². The van der Waals surface area contributed by atoms with Crippen molar-refractivity contribution in [3.05, 3.63) is 167 Å². The van der Waals surface area contributed by atoms with Crippen molar-refractivity contribution in [1.82, 2.24) is 0 Å². The van der Waals surface area contributed by atoms with Crippen LogP contribution < -0.4 is 9.80 Å². The van der Waals surface area contributed by atoms with Gasteiger partial charge in [-0.2, -0.15) is 0 Å². The van der Waals surface area contributed by atoms with Crippen molar-refractivity contribution in [2.24, 2.45) is 0 Å². The maximum Gasteiger partial charge on any atom is 0.0540 e. The maximum absolute atomic E-state index is 2.51. The SMILES string of the molecule is Cc1ccc(N(c2ccccc2C)c2ccc3c(C(C)C)cc4c(N(c5ccc(C)cc5)c5ccccc5C)ccc5c(C(C)C)cc2c3c54)cc1. The predicted molar refractivity (Wildman–Crippen MR) is 227 cm³/mol. The first kappa shape index (κ1) is 33.5. The highest BCUT2D eigenvalue weighted by Gasteiger charge is 2.26. The van der Waals surface area contributed by atoms with Gasteiger partial charge in [-0.15, -0.1) is 0 Å². The number of hydrogen-bond acceptors (Lipinski definition) is 2. The highest BCUT2D eigenvalue weighted by Crippen LogP contribution is 2.51. The highest BCUT2D eigenvalue weighted by molar-refractivity contribution is 6.29. The molecule has 0 aliphatic carbocycles. The second kappa shape index (κ2) is 13.2. The van der Waals surface area contributed by atoms with E-state index in [1.54, 1.807) is 0 Å². The van der Waals surface area contributed by atoms with E-state index in [1.165, 1.54) is 88.4 Å². The minimum atomic E-state index is 0.339. The number of hydrogen-bond donors (Lipinski definition) is 0. The van der Waals surface area contributed by atoms with Crippen LogP contribution in [0.3, 0.4) is 0 Å². The molecule has 2 nitrogen and oxygen atoms in total. The first-order valence-corrected chi connectivity index (χ1v) is 18.8. The van der Waals surface area contributed by atoms with Crippen LogP contribution in [0.15, 0.2) is 133 Å². The number of para-hydroxylation sites is 2. The normalized spacial score (nSPS) is 11.8. The molecule has 0 heterocycles. The number of aryl methyl sites for hydroxylation is 4. The van der Waals surface area contributed by atoms with E-state index < -0.39 is 0 Å². The third kappa shape index (κ3) is 5.58. The summed E-state index contributed by atoms with van der Waals surface area (Å²) in [6, 6.07) is 50.1. The molecule has 52 heavy (non-hydrogen) atoms. The Morgan fingerprint density at radius 2 is 0.731 bits per heavy atom. The molecule has 8 aromatic rings.